The number of likely N-dealkylation sites (tertiary alicyclic amines) is 1. The zero-order chi connectivity index (χ0) is 18.8. The first kappa shape index (κ1) is 18.5. The fraction of sp³-hybridized carbons (Fsp3) is 0.381. The second-order valence-electron chi connectivity index (χ2n) is 7.03. The Morgan fingerprint density at radius 2 is 2.11 bits per heavy atom. The van der Waals surface area contributed by atoms with Gasteiger partial charge in [-0.15, -0.1) is 11.3 Å². The zero-order valence-corrected chi connectivity index (χ0v) is 16.9. The quantitative estimate of drug-likeness (QED) is 0.620. The lowest BCUT2D eigenvalue weighted by atomic mass is 10.1. The van der Waals surface area contributed by atoms with Crippen molar-refractivity contribution in [1.29, 1.82) is 0 Å². The Labute approximate surface area is 168 Å². The van der Waals surface area contributed by atoms with Crippen LogP contribution in [0.3, 0.4) is 0 Å². The number of thiophene rings is 1. The summed E-state index contributed by atoms with van der Waals surface area (Å²) in [5.41, 5.74) is 1.52. The van der Waals surface area contributed by atoms with Crippen molar-refractivity contribution in [2.75, 3.05) is 19.6 Å². The van der Waals surface area contributed by atoms with Crippen molar-refractivity contribution < 1.29 is 9.21 Å². The molecular formula is C21H23ClN2O2S. The smallest absolute Gasteiger partial charge is 0.287 e. The standard InChI is InChI=1S/C21H23ClN2O2S/c1-14-16-12-15(22)7-8-18(16)26-20(14)21(25)23-13-17(19-6-5-11-27-19)24-9-3-2-4-10-24/h5-8,11-12,17H,2-4,9-10,13H2,1H3,(H,23,25)/t17-/m0/s1. The van der Waals surface area contributed by atoms with Crippen molar-refractivity contribution >= 4 is 39.8 Å². The van der Waals surface area contributed by atoms with E-state index in [4.69, 9.17) is 16.0 Å². The van der Waals surface area contributed by atoms with E-state index in [0.29, 0.717) is 22.9 Å². The molecule has 1 saturated heterocycles. The minimum Gasteiger partial charge on any atom is -0.451 e. The summed E-state index contributed by atoms with van der Waals surface area (Å²) >= 11 is 7.83. The Bertz CT molecular complexity index is 929. The van der Waals surface area contributed by atoms with Gasteiger partial charge in [0.2, 0.25) is 0 Å². The van der Waals surface area contributed by atoms with E-state index in [1.54, 1.807) is 17.4 Å². The third kappa shape index (κ3) is 3.91. The highest BCUT2D eigenvalue weighted by Crippen LogP contribution is 2.29. The fourth-order valence-corrected chi connectivity index (χ4v) is 4.83. The number of hydrogen-bond acceptors (Lipinski definition) is 4. The normalized spacial score (nSPS) is 16.5. The number of piperidine rings is 1. The van der Waals surface area contributed by atoms with Gasteiger partial charge in [0.15, 0.2) is 5.76 Å². The summed E-state index contributed by atoms with van der Waals surface area (Å²) in [5.74, 6) is 0.203. The predicted octanol–water partition coefficient (Wildman–Crippen LogP) is 5.41. The van der Waals surface area contributed by atoms with Crippen LogP contribution in [0.1, 0.15) is 46.3 Å². The molecule has 1 aliphatic heterocycles. The molecule has 1 amide bonds. The topological polar surface area (TPSA) is 45.5 Å². The Balaban J connectivity index is 1.52. The van der Waals surface area contributed by atoms with Crippen molar-refractivity contribution in [1.82, 2.24) is 10.2 Å². The second-order valence-corrected chi connectivity index (χ2v) is 8.45. The lowest BCUT2D eigenvalue weighted by molar-refractivity contribution is 0.0899. The first-order chi connectivity index (χ1) is 13.1. The lowest BCUT2D eigenvalue weighted by Crippen LogP contribution is -2.40. The molecule has 1 fully saturated rings. The van der Waals surface area contributed by atoms with Crippen LogP contribution in [0, 0.1) is 6.92 Å². The molecule has 1 aliphatic rings. The molecule has 6 heteroatoms. The van der Waals surface area contributed by atoms with Crippen LogP contribution in [0.2, 0.25) is 5.02 Å². The third-order valence-corrected chi connectivity index (χ3v) is 6.47. The zero-order valence-electron chi connectivity index (χ0n) is 15.3. The van der Waals surface area contributed by atoms with E-state index in [-0.39, 0.29) is 11.9 Å². The van der Waals surface area contributed by atoms with E-state index in [2.05, 4.69) is 27.7 Å². The number of carbonyl (C=O) groups is 1. The molecule has 3 heterocycles. The highest BCUT2D eigenvalue weighted by atomic mass is 35.5. The van der Waals surface area contributed by atoms with Gasteiger partial charge in [-0.3, -0.25) is 9.69 Å². The summed E-state index contributed by atoms with van der Waals surface area (Å²) in [5, 5.41) is 6.73. The van der Waals surface area contributed by atoms with Crippen LogP contribution >= 0.6 is 22.9 Å². The van der Waals surface area contributed by atoms with E-state index in [1.165, 1.54) is 24.1 Å². The summed E-state index contributed by atoms with van der Waals surface area (Å²) in [4.78, 5) is 16.6. The van der Waals surface area contributed by atoms with Gasteiger partial charge in [-0.1, -0.05) is 24.1 Å². The molecule has 0 saturated carbocycles. The second kappa shape index (κ2) is 8.05. The summed E-state index contributed by atoms with van der Waals surface area (Å²) in [6, 6.07) is 9.88. The number of fused-ring (bicyclic) bond motifs is 1. The van der Waals surface area contributed by atoms with E-state index >= 15 is 0 Å². The van der Waals surface area contributed by atoms with Crippen LogP contribution < -0.4 is 5.32 Å². The highest BCUT2D eigenvalue weighted by Gasteiger charge is 2.25. The Morgan fingerprint density at radius 1 is 1.30 bits per heavy atom. The summed E-state index contributed by atoms with van der Waals surface area (Å²) in [6.07, 6.45) is 3.74. The van der Waals surface area contributed by atoms with Crippen molar-refractivity contribution in [3.05, 3.63) is 56.9 Å². The van der Waals surface area contributed by atoms with E-state index in [9.17, 15) is 4.79 Å². The maximum Gasteiger partial charge on any atom is 0.287 e. The first-order valence-corrected chi connectivity index (χ1v) is 10.6. The minimum absolute atomic E-state index is 0.168. The van der Waals surface area contributed by atoms with E-state index < -0.39 is 0 Å². The molecular weight excluding hydrogens is 380 g/mol. The van der Waals surface area contributed by atoms with Crippen molar-refractivity contribution in [2.45, 2.75) is 32.2 Å². The number of furan rings is 1. The van der Waals surface area contributed by atoms with Gasteiger partial charge < -0.3 is 9.73 Å². The van der Waals surface area contributed by atoms with Crippen LogP contribution in [-0.2, 0) is 0 Å². The maximum atomic E-state index is 12.8. The number of nitrogens with one attached hydrogen (secondary N) is 1. The fourth-order valence-electron chi connectivity index (χ4n) is 3.80. The maximum absolute atomic E-state index is 12.8. The number of amides is 1. The van der Waals surface area contributed by atoms with Crippen molar-refractivity contribution in [2.24, 2.45) is 0 Å². The van der Waals surface area contributed by atoms with Crippen LogP contribution in [0.25, 0.3) is 11.0 Å². The number of carbonyl (C=O) groups excluding carboxylic acids is 1. The highest BCUT2D eigenvalue weighted by molar-refractivity contribution is 7.10. The van der Waals surface area contributed by atoms with Gasteiger partial charge in [-0.05, 0) is 62.5 Å². The average Bonchev–Trinajstić information content (AvgIpc) is 3.32. The summed E-state index contributed by atoms with van der Waals surface area (Å²) in [6.45, 7) is 4.65. The molecule has 3 aromatic rings. The first-order valence-electron chi connectivity index (χ1n) is 9.38. The van der Waals surface area contributed by atoms with Crippen LogP contribution in [-0.4, -0.2) is 30.4 Å². The van der Waals surface area contributed by atoms with Crippen LogP contribution in [0.15, 0.2) is 40.1 Å². The van der Waals surface area contributed by atoms with Crippen LogP contribution in [0.4, 0.5) is 0 Å². The molecule has 2 aromatic heterocycles. The number of benzene rings is 1. The third-order valence-electron chi connectivity index (χ3n) is 5.26. The minimum atomic E-state index is -0.168. The van der Waals surface area contributed by atoms with Gasteiger partial charge in [-0.25, -0.2) is 0 Å². The van der Waals surface area contributed by atoms with Crippen molar-refractivity contribution in [3.63, 3.8) is 0 Å². The molecule has 0 spiro atoms. The monoisotopic (exact) mass is 402 g/mol. The molecule has 142 valence electrons. The Morgan fingerprint density at radius 3 is 2.85 bits per heavy atom. The lowest BCUT2D eigenvalue weighted by Gasteiger charge is -2.34. The molecule has 0 unspecified atom stereocenters. The Hall–Kier alpha value is -1.82. The number of halogens is 1. The molecule has 1 atom stereocenters. The van der Waals surface area contributed by atoms with E-state index in [1.807, 2.05) is 19.1 Å². The molecule has 1 N–H and O–H groups in total. The van der Waals surface area contributed by atoms with Crippen molar-refractivity contribution in [3.8, 4) is 0 Å². The molecule has 0 bridgehead atoms. The van der Waals surface area contributed by atoms with Gasteiger partial charge in [0.05, 0.1) is 6.04 Å². The van der Waals surface area contributed by atoms with Gasteiger partial charge >= 0.3 is 0 Å². The molecule has 27 heavy (non-hydrogen) atoms. The average molecular weight is 403 g/mol. The Kier molecular flexibility index (Phi) is 5.53. The molecule has 4 nitrogen and oxygen atoms in total. The van der Waals surface area contributed by atoms with Gasteiger partial charge in [0, 0.05) is 27.4 Å². The molecule has 0 aliphatic carbocycles. The molecule has 4 rings (SSSR count). The number of rotatable bonds is 5. The number of hydrogen-bond donors (Lipinski definition) is 1. The molecule has 1 aromatic carbocycles. The summed E-state index contributed by atoms with van der Waals surface area (Å²) < 4.78 is 5.80. The van der Waals surface area contributed by atoms with Crippen LogP contribution in [0.5, 0.6) is 0 Å². The van der Waals surface area contributed by atoms with E-state index in [0.717, 1.165) is 24.0 Å². The SMILES string of the molecule is Cc1c(C(=O)NC[C@@H](c2cccs2)N2CCCCC2)oc2ccc(Cl)cc12. The van der Waals surface area contributed by atoms with Gasteiger partial charge in [-0.2, -0.15) is 0 Å². The van der Waals surface area contributed by atoms with Gasteiger partial charge in [0.1, 0.15) is 5.58 Å². The van der Waals surface area contributed by atoms with Gasteiger partial charge in [0.25, 0.3) is 5.91 Å². The predicted molar refractivity (Wildman–Crippen MR) is 111 cm³/mol. The number of nitrogens with zero attached hydrogens (tertiary/aromatic N) is 1. The summed E-state index contributed by atoms with van der Waals surface area (Å²) in [7, 11) is 0. The molecule has 0 radical (unpaired) electrons. The number of aryl methyl sites for hydroxylation is 1. The largest absolute Gasteiger partial charge is 0.451 e.